The van der Waals surface area contributed by atoms with Gasteiger partial charge in [0.15, 0.2) is 11.9 Å². The summed E-state index contributed by atoms with van der Waals surface area (Å²) in [4.78, 5) is 26.3. The predicted octanol–water partition coefficient (Wildman–Crippen LogP) is 6.86. The van der Waals surface area contributed by atoms with E-state index >= 15 is 0 Å². The van der Waals surface area contributed by atoms with Gasteiger partial charge in [-0.2, -0.15) is 13.2 Å². The van der Waals surface area contributed by atoms with Gasteiger partial charge < -0.3 is 19.2 Å². The summed E-state index contributed by atoms with van der Waals surface area (Å²) in [7, 11) is 1.50. The van der Waals surface area contributed by atoms with Crippen LogP contribution in [0.2, 0.25) is 5.02 Å². The number of hydrogen-bond acceptors (Lipinski definition) is 5. The van der Waals surface area contributed by atoms with E-state index in [0.717, 1.165) is 12.1 Å². The molecule has 192 valence electrons. The summed E-state index contributed by atoms with van der Waals surface area (Å²) in [6.45, 7) is 3.07. The molecule has 10 heteroatoms. The monoisotopic (exact) mass is 531 g/mol. The minimum Gasteiger partial charge on any atom is -0.497 e. The summed E-state index contributed by atoms with van der Waals surface area (Å²) in [5.74, 6) is -0.576. The second-order valence-corrected chi connectivity index (χ2v) is 8.62. The van der Waals surface area contributed by atoms with Gasteiger partial charge in [-0.25, -0.2) is 0 Å². The van der Waals surface area contributed by atoms with Crippen molar-refractivity contribution >= 4 is 34.2 Å². The Balaban J connectivity index is 1.76. The quantitative estimate of drug-likeness (QED) is 0.294. The highest BCUT2D eigenvalue weighted by atomic mass is 35.5. The molecule has 0 aliphatic carbocycles. The molecule has 0 aliphatic rings. The average molecular weight is 532 g/mol. The van der Waals surface area contributed by atoms with E-state index in [9.17, 15) is 22.8 Å². The Bertz CT molecular complexity index is 1530. The number of hydrogen-bond donors (Lipinski definition) is 1. The number of halogens is 4. The topological polar surface area (TPSA) is 77.8 Å². The Morgan fingerprint density at radius 1 is 1.08 bits per heavy atom. The van der Waals surface area contributed by atoms with Crippen LogP contribution >= 0.6 is 11.6 Å². The van der Waals surface area contributed by atoms with Crippen molar-refractivity contribution in [2.24, 2.45) is 0 Å². The lowest BCUT2D eigenvalue weighted by atomic mass is 10.1. The van der Waals surface area contributed by atoms with Crippen LogP contribution in [0.25, 0.3) is 22.3 Å². The number of benzene rings is 3. The molecule has 0 spiro atoms. The Labute approximate surface area is 214 Å². The van der Waals surface area contributed by atoms with Gasteiger partial charge in [0, 0.05) is 10.6 Å². The maximum Gasteiger partial charge on any atom is 0.418 e. The average Bonchev–Trinajstić information content (AvgIpc) is 2.86. The third-order valence-electron chi connectivity index (χ3n) is 5.64. The SMILES string of the molecule is COc1ccc(-c2oc3cc(C)c(Cl)cc3c(=O)c2OC(C)C(=O)Nc2ccccc2C(F)(F)F)cc1. The molecule has 0 saturated heterocycles. The highest BCUT2D eigenvalue weighted by molar-refractivity contribution is 6.32. The van der Waals surface area contributed by atoms with E-state index in [1.807, 2.05) is 0 Å². The minimum atomic E-state index is -4.67. The maximum absolute atomic E-state index is 13.5. The van der Waals surface area contributed by atoms with Crippen LogP contribution in [-0.2, 0) is 11.0 Å². The van der Waals surface area contributed by atoms with Crippen molar-refractivity contribution in [3.8, 4) is 22.8 Å². The zero-order valence-corrected chi connectivity index (χ0v) is 20.7. The van der Waals surface area contributed by atoms with Gasteiger partial charge in [-0.05, 0) is 67.9 Å². The fourth-order valence-corrected chi connectivity index (χ4v) is 3.81. The van der Waals surface area contributed by atoms with Gasteiger partial charge in [-0.3, -0.25) is 9.59 Å². The first kappa shape index (κ1) is 26.1. The number of rotatable bonds is 6. The first-order chi connectivity index (χ1) is 17.5. The van der Waals surface area contributed by atoms with Crippen LogP contribution in [-0.4, -0.2) is 19.1 Å². The smallest absolute Gasteiger partial charge is 0.418 e. The maximum atomic E-state index is 13.5. The Morgan fingerprint density at radius 3 is 2.41 bits per heavy atom. The number of nitrogens with one attached hydrogen (secondary N) is 1. The van der Waals surface area contributed by atoms with Crippen LogP contribution < -0.4 is 20.2 Å². The first-order valence-corrected chi connectivity index (χ1v) is 11.4. The van der Waals surface area contributed by atoms with Crippen molar-refractivity contribution in [3.05, 3.63) is 87.0 Å². The van der Waals surface area contributed by atoms with Gasteiger partial charge in [0.25, 0.3) is 5.91 Å². The molecule has 3 aromatic carbocycles. The first-order valence-electron chi connectivity index (χ1n) is 11.0. The number of fused-ring (bicyclic) bond motifs is 1. The number of para-hydroxylation sites is 1. The molecule has 1 aromatic heterocycles. The van der Waals surface area contributed by atoms with Crippen LogP contribution in [0.15, 0.2) is 69.9 Å². The molecule has 0 radical (unpaired) electrons. The number of ether oxygens (including phenoxy) is 2. The second-order valence-electron chi connectivity index (χ2n) is 8.21. The van der Waals surface area contributed by atoms with E-state index in [0.29, 0.717) is 21.9 Å². The van der Waals surface area contributed by atoms with E-state index in [4.69, 9.17) is 25.5 Å². The van der Waals surface area contributed by atoms with E-state index < -0.39 is 34.9 Å². The molecule has 1 atom stereocenters. The molecule has 0 saturated carbocycles. The fraction of sp³-hybridized carbons (Fsp3) is 0.185. The lowest BCUT2D eigenvalue weighted by molar-refractivity contribution is -0.137. The van der Waals surface area contributed by atoms with Crippen LogP contribution in [0.4, 0.5) is 18.9 Å². The summed E-state index contributed by atoms with van der Waals surface area (Å²) in [5, 5.41) is 2.68. The lowest BCUT2D eigenvalue weighted by Crippen LogP contribution is -2.32. The number of carbonyl (C=O) groups excluding carboxylic acids is 1. The summed E-state index contributed by atoms with van der Waals surface area (Å²) in [6.07, 6.45) is -6.04. The molecule has 4 aromatic rings. The number of alkyl halides is 3. The molecule has 6 nitrogen and oxygen atoms in total. The number of methoxy groups -OCH3 is 1. The van der Waals surface area contributed by atoms with Crippen molar-refractivity contribution < 1.29 is 31.9 Å². The van der Waals surface area contributed by atoms with Gasteiger partial charge >= 0.3 is 6.18 Å². The molecule has 1 unspecified atom stereocenters. The standard InChI is InChI=1S/C27H21ClF3NO5/c1-14-12-22-18(13-20(14)28)23(33)25(24(37-22)16-8-10-17(35-3)11-9-16)36-15(2)26(34)32-21-7-5-4-6-19(21)27(29,30)31/h4-13,15H,1-3H3,(H,32,34). The van der Waals surface area contributed by atoms with Gasteiger partial charge in [-0.1, -0.05) is 23.7 Å². The predicted molar refractivity (Wildman–Crippen MR) is 134 cm³/mol. The lowest BCUT2D eigenvalue weighted by Gasteiger charge is -2.19. The molecule has 1 heterocycles. The van der Waals surface area contributed by atoms with E-state index in [1.54, 1.807) is 37.3 Å². The van der Waals surface area contributed by atoms with Crippen molar-refractivity contribution in [2.75, 3.05) is 12.4 Å². The molecule has 1 amide bonds. The Morgan fingerprint density at radius 2 is 1.76 bits per heavy atom. The van der Waals surface area contributed by atoms with Crippen LogP contribution in [0.1, 0.15) is 18.1 Å². The zero-order valence-electron chi connectivity index (χ0n) is 19.9. The van der Waals surface area contributed by atoms with E-state index in [1.165, 1.54) is 32.2 Å². The van der Waals surface area contributed by atoms with Gasteiger partial charge in [0.1, 0.15) is 11.3 Å². The van der Waals surface area contributed by atoms with Crippen molar-refractivity contribution in [1.82, 2.24) is 0 Å². The zero-order chi connectivity index (χ0) is 26.9. The minimum absolute atomic E-state index is 0.0391. The summed E-state index contributed by atoms with van der Waals surface area (Å²) in [5.41, 5.74) is -0.644. The van der Waals surface area contributed by atoms with Crippen LogP contribution in [0.3, 0.4) is 0 Å². The summed E-state index contributed by atoms with van der Waals surface area (Å²) < 4.78 is 57.0. The molecule has 0 fully saturated rings. The highest BCUT2D eigenvalue weighted by Gasteiger charge is 2.34. The molecular formula is C27H21ClF3NO5. The second kappa shape index (κ2) is 10.2. The normalized spacial score (nSPS) is 12.3. The van der Waals surface area contributed by atoms with Gasteiger partial charge in [0.2, 0.25) is 11.2 Å². The number of anilines is 1. The van der Waals surface area contributed by atoms with E-state index in [-0.39, 0.29) is 22.5 Å². The van der Waals surface area contributed by atoms with Crippen molar-refractivity contribution in [1.29, 1.82) is 0 Å². The van der Waals surface area contributed by atoms with Crippen LogP contribution in [0.5, 0.6) is 11.5 Å². The molecule has 0 bridgehead atoms. The number of aryl methyl sites for hydroxylation is 1. The fourth-order valence-electron chi connectivity index (χ4n) is 3.64. The Kier molecular flexibility index (Phi) is 7.18. The summed E-state index contributed by atoms with van der Waals surface area (Å²) >= 11 is 6.21. The van der Waals surface area contributed by atoms with Crippen molar-refractivity contribution in [2.45, 2.75) is 26.1 Å². The van der Waals surface area contributed by atoms with E-state index in [2.05, 4.69) is 5.32 Å². The van der Waals surface area contributed by atoms with Crippen molar-refractivity contribution in [3.63, 3.8) is 0 Å². The number of carbonyl (C=O) groups is 1. The van der Waals surface area contributed by atoms with Gasteiger partial charge in [0.05, 0.1) is 23.7 Å². The highest BCUT2D eigenvalue weighted by Crippen LogP contribution is 2.36. The third kappa shape index (κ3) is 5.41. The largest absolute Gasteiger partial charge is 0.497 e. The summed E-state index contributed by atoms with van der Waals surface area (Å²) in [6, 6.07) is 14.2. The number of amides is 1. The molecule has 4 rings (SSSR count). The van der Waals surface area contributed by atoms with Crippen LogP contribution in [0, 0.1) is 6.92 Å². The molecule has 37 heavy (non-hydrogen) atoms. The molecule has 0 aliphatic heterocycles. The Hall–Kier alpha value is -3.98. The molecule has 1 N–H and O–H groups in total. The third-order valence-corrected chi connectivity index (χ3v) is 6.04. The van der Waals surface area contributed by atoms with Gasteiger partial charge in [-0.15, -0.1) is 0 Å². The molecular weight excluding hydrogens is 511 g/mol.